The van der Waals surface area contributed by atoms with Crippen molar-refractivity contribution in [1.29, 1.82) is 0 Å². The Kier molecular flexibility index (Phi) is 15.6. The Labute approximate surface area is 124 Å². The molecule has 0 aromatic carbocycles. The molecule has 6 nitrogen and oxygen atoms in total. The normalized spacial score (nSPS) is 7.53. The van der Waals surface area contributed by atoms with E-state index in [9.17, 15) is 19.2 Å². The van der Waals surface area contributed by atoms with Gasteiger partial charge in [-0.1, -0.05) is 0 Å². The first-order chi connectivity index (χ1) is 6.29. The molecule has 0 saturated heterocycles. The van der Waals surface area contributed by atoms with Gasteiger partial charge in [0.2, 0.25) is 0 Å². The minimum Gasteiger partial charge on any atom is -1.00 e. The summed E-state index contributed by atoms with van der Waals surface area (Å²) in [5.41, 5.74) is -0.602. The van der Waals surface area contributed by atoms with Gasteiger partial charge in [-0.25, -0.2) is 0 Å². The summed E-state index contributed by atoms with van der Waals surface area (Å²) in [6.45, 7) is 4.62. The molecule has 0 bridgehead atoms. The van der Waals surface area contributed by atoms with Crippen molar-refractivity contribution in [2.75, 3.05) is 0 Å². The van der Waals surface area contributed by atoms with Gasteiger partial charge in [-0.05, 0) is 27.7 Å². The fourth-order valence-electron chi connectivity index (χ4n) is 1.20. The van der Waals surface area contributed by atoms with Crippen LogP contribution in [0.1, 0.15) is 29.1 Å². The molecular formula is C10H19N2NaO4. The number of carbonyl (C=O) groups excluding carboxylic acids is 4. The summed E-state index contributed by atoms with van der Waals surface area (Å²) in [6.07, 6.45) is 0. The summed E-state index contributed by atoms with van der Waals surface area (Å²) in [5, 5.41) is 0. The minimum atomic E-state index is -0.557. The van der Waals surface area contributed by atoms with Crippen LogP contribution in [0, 0.1) is 0 Å². The summed E-state index contributed by atoms with van der Waals surface area (Å²) in [7, 11) is 0. The number of Topliss-reactive ketones (excluding diaryl/α,β-unsaturated/α-hetero) is 4. The third kappa shape index (κ3) is 7.30. The van der Waals surface area contributed by atoms with Crippen LogP contribution in [0.2, 0.25) is 0 Å². The molecule has 0 aliphatic rings. The monoisotopic (exact) mass is 254 g/mol. The summed E-state index contributed by atoms with van der Waals surface area (Å²) in [4.78, 5) is 44.2. The molecule has 0 rings (SSSR count). The number of allylic oxidation sites excluding steroid dienone is 2. The van der Waals surface area contributed by atoms with Crippen LogP contribution >= 0.6 is 0 Å². The van der Waals surface area contributed by atoms with Gasteiger partial charge in [0, 0.05) is 0 Å². The maximum Gasteiger partial charge on any atom is 1.00 e. The molecule has 94 valence electrons. The van der Waals surface area contributed by atoms with Gasteiger partial charge < -0.3 is 13.7 Å². The Morgan fingerprint density at radius 1 is 0.588 bits per heavy atom. The van der Waals surface area contributed by atoms with E-state index in [1.807, 2.05) is 0 Å². The topological polar surface area (TPSA) is 138 Å². The molecule has 7 heteroatoms. The first-order valence-electron chi connectivity index (χ1n) is 4.07. The van der Waals surface area contributed by atoms with Crippen LogP contribution in [0.25, 0.3) is 0 Å². The van der Waals surface area contributed by atoms with Gasteiger partial charge in [-0.2, -0.15) is 0 Å². The fraction of sp³-hybridized carbons (Fsp3) is 0.400. The summed E-state index contributed by atoms with van der Waals surface area (Å²) in [5.74, 6) is -2.23. The molecule has 0 aliphatic heterocycles. The molecular weight excluding hydrogens is 235 g/mol. The minimum absolute atomic E-state index is 0. The standard InChI is InChI=1S/C10H12O4.2H3N.Na.H/c1-5(11)9(6(2)12)10(7(3)13)8(4)14;;;;/h1-4H3;2*1H3;;/q;;;+1;-1. The Bertz CT molecular complexity index is 301. The molecule has 0 unspecified atom stereocenters. The predicted molar refractivity (Wildman–Crippen MR) is 60.9 cm³/mol. The second-order valence-electron chi connectivity index (χ2n) is 2.97. The van der Waals surface area contributed by atoms with Crippen LogP contribution < -0.4 is 41.9 Å². The van der Waals surface area contributed by atoms with Crippen LogP contribution in [-0.2, 0) is 19.2 Å². The number of hydrogen-bond donors (Lipinski definition) is 2. The zero-order valence-electron chi connectivity index (χ0n) is 12.0. The number of hydrogen-bond acceptors (Lipinski definition) is 6. The smallest absolute Gasteiger partial charge is 1.00 e. The molecule has 0 aliphatic carbocycles. The maximum absolute atomic E-state index is 11.1. The molecule has 0 fully saturated rings. The molecule has 6 N–H and O–H groups in total. The molecule has 0 saturated carbocycles. The second kappa shape index (κ2) is 10.5. The van der Waals surface area contributed by atoms with Crippen molar-refractivity contribution in [2.45, 2.75) is 27.7 Å². The van der Waals surface area contributed by atoms with E-state index >= 15 is 0 Å². The Hall–Kier alpha value is -0.660. The van der Waals surface area contributed by atoms with Gasteiger partial charge in [0.25, 0.3) is 0 Å². The largest absolute Gasteiger partial charge is 1.00 e. The van der Waals surface area contributed by atoms with Crippen LogP contribution in [-0.4, -0.2) is 23.1 Å². The third-order valence-electron chi connectivity index (χ3n) is 1.66. The van der Waals surface area contributed by atoms with Crippen LogP contribution in [0.4, 0.5) is 0 Å². The van der Waals surface area contributed by atoms with Crippen molar-refractivity contribution in [3.63, 3.8) is 0 Å². The van der Waals surface area contributed by atoms with E-state index in [1.165, 1.54) is 0 Å². The van der Waals surface area contributed by atoms with E-state index in [0.717, 1.165) is 27.7 Å². The molecule has 0 heterocycles. The number of ketones is 4. The van der Waals surface area contributed by atoms with Gasteiger partial charge in [0.1, 0.15) is 0 Å². The van der Waals surface area contributed by atoms with Crippen molar-refractivity contribution < 1.29 is 50.2 Å². The van der Waals surface area contributed by atoms with Crippen LogP contribution in [0.5, 0.6) is 0 Å². The first kappa shape index (κ1) is 25.3. The molecule has 0 aromatic rings. The Morgan fingerprint density at radius 3 is 0.765 bits per heavy atom. The van der Waals surface area contributed by atoms with Gasteiger partial charge in [-0.3, -0.25) is 19.2 Å². The summed E-state index contributed by atoms with van der Waals surface area (Å²) in [6, 6.07) is 0. The van der Waals surface area contributed by atoms with Crippen LogP contribution in [0.3, 0.4) is 0 Å². The van der Waals surface area contributed by atoms with Crippen molar-refractivity contribution >= 4 is 23.1 Å². The first-order valence-corrected chi connectivity index (χ1v) is 4.07. The number of rotatable bonds is 4. The molecule has 0 amide bonds. The van der Waals surface area contributed by atoms with Gasteiger partial charge in [0.05, 0.1) is 11.1 Å². The molecule has 0 spiro atoms. The predicted octanol–water partition coefficient (Wildman–Crippen LogP) is -1.92. The zero-order valence-corrected chi connectivity index (χ0v) is 13.0. The van der Waals surface area contributed by atoms with E-state index in [4.69, 9.17) is 0 Å². The van der Waals surface area contributed by atoms with Crippen LogP contribution in [0.15, 0.2) is 11.1 Å². The van der Waals surface area contributed by atoms with Gasteiger partial charge >= 0.3 is 29.6 Å². The van der Waals surface area contributed by atoms with E-state index in [2.05, 4.69) is 0 Å². The van der Waals surface area contributed by atoms with Gasteiger partial charge in [0.15, 0.2) is 23.1 Å². The average molecular weight is 254 g/mol. The van der Waals surface area contributed by atoms with E-state index in [0.29, 0.717) is 0 Å². The molecule has 0 radical (unpaired) electrons. The number of carbonyl (C=O) groups is 4. The second-order valence-corrected chi connectivity index (χ2v) is 2.97. The van der Waals surface area contributed by atoms with Crippen molar-refractivity contribution in [3.8, 4) is 0 Å². The summed E-state index contributed by atoms with van der Waals surface area (Å²) < 4.78 is 0. The van der Waals surface area contributed by atoms with Crippen molar-refractivity contribution in [2.24, 2.45) is 0 Å². The molecule has 0 atom stereocenters. The van der Waals surface area contributed by atoms with E-state index in [1.54, 1.807) is 0 Å². The average Bonchev–Trinajstić information content (AvgIpc) is 1.96. The molecule has 17 heavy (non-hydrogen) atoms. The van der Waals surface area contributed by atoms with Crippen molar-refractivity contribution in [1.82, 2.24) is 12.3 Å². The quantitative estimate of drug-likeness (QED) is 0.259. The molecule has 0 aromatic heterocycles. The zero-order chi connectivity index (χ0) is 11.5. The Balaban J connectivity index is -0.000000141. The van der Waals surface area contributed by atoms with Gasteiger partial charge in [-0.15, -0.1) is 0 Å². The third-order valence-corrected chi connectivity index (χ3v) is 1.66. The summed E-state index contributed by atoms with van der Waals surface area (Å²) >= 11 is 0. The Morgan fingerprint density at radius 2 is 0.706 bits per heavy atom. The van der Waals surface area contributed by atoms with Crippen molar-refractivity contribution in [3.05, 3.63) is 11.1 Å². The maximum atomic E-state index is 11.1. The SMILES string of the molecule is CC(=O)C(C(C)=O)=C(C(C)=O)C(C)=O.N.N.[H-].[Na+]. The van der Waals surface area contributed by atoms with E-state index < -0.39 is 23.1 Å². The van der Waals surface area contributed by atoms with E-state index in [-0.39, 0.29) is 54.4 Å². The fourth-order valence-corrected chi connectivity index (χ4v) is 1.20.